The average Bonchev–Trinajstić information content (AvgIpc) is 3.58. The molecule has 1 fully saturated rings. The van der Waals surface area contributed by atoms with Crippen molar-refractivity contribution in [3.8, 4) is 11.4 Å². The van der Waals surface area contributed by atoms with Gasteiger partial charge in [-0.2, -0.15) is 5.10 Å². The van der Waals surface area contributed by atoms with Crippen molar-refractivity contribution < 1.29 is 13.9 Å². The first-order valence-corrected chi connectivity index (χ1v) is 10.8. The van der Waals surface area contributed by atoms with Gasteiger partial charge in [0.05, 0.1) is 23.4 Å². The fourth-order valence-corrected chi connectivity index (χ4v) is 3.88. The van der Waals surface area contributed by atoms with Crippen molar-refractivity contribution in [2.24, 2.45) is 5.92 Å². The van der Waals surface area contributed by atoms with E-state index in [4.69, 9.17) is 4.74 Å². The van der Waals surface area contributed by atoms with Gasteiger partial charge in [0.25, 0.3) is 0 Å². The molecule has 162 valence electrons. The van der Waals surface area contributed by atoms with Crippen molar-refractivity contribution in [1.29, 1.82) is 0 Å². The summed E-state index contributed by atoms with van der Waals surface area (Å²) in [6.07, 6.45) is 3.36. The molecule has 6 heteroatoms. The number of hydrogen-bond acceptors (Lipinski definition) is 3. The van der Waals surface area contributed by atoms with Crippen LogP contribution >= 0.6 is 0 Å². The molecule has 0 aliphatic heterocycles. The predicted molar refractivity (Wildman–Crippen MR) is 121 cm³/mol. The van der Waals surface area contributed by atoms with Gasteiger partial charge < -0.3 is 10.1 Å². The molecule has 32 heavy (non-hydrogen) atoms. The molecule has 1 aliphatic carbocycles. The van der Waals surface area contributed by atoms with E-state index in [1.165, 1.54) is 12.1 Å². The van der Waals surface area contributed by atoms with Crippen LogP contribution in [0.5, 0.6) is 5.75 Å². The Morgan fingerprint density at radius 3 is 2.56 bits per heavy atom. The van der Waals surface area contributed by atoms with Gasteiger partial charge in [-0.3, -0.25) is 4.79 Å². The number of ether oxygens (including phenoxy) is 1. The number of hydrogen-bond donors (Lipinski definition) is 1. The van der Waals surface area contributed by atoms with E-state index in [0.29, 0.717) is 5.75 Å². The van der Waals surface area contributed by atoms with Crippen molar-refractivity contribution in [3.05, 3.63) is 90.4 Å². The van der Waals surface area contributed by atoms with Gasteiger partial charge in [0, 0.05) is 11.3 Å². The number of carbonyl (C=O) groups is 1. The van der Waals surface area contributed by atoms with Crippen LogP contribution in [0, 0.1) is 11.7 Å². The minimum absolute atomic E-state index is 0.0954. The molecule has 0 radical (unpaired) electrons. The monoisotopic (exact) mass is 429 g/mol. The molecule has 1 heterocycles. The van der Waals surface area contributed by atoms with Crippen molar-refractivity contribution in [2.45, 2.75) is 31.9 Å². The van der Waals surface area contributed by atoms with Gasteiger partial charge in [0.1, 0.15) is 17.7 Å². The molecule has 5 rings (SSSR count). The molecule has 5 nitrogen and oxygen atoms in total. The molecular formula is C26H24FN3O2. The highest BCUT2D eigenvalue weighted by Crippen LogP contribution is 2.31. The Morgan fingerprint density at radius 1 is 1.09 bits per heavy atom. The normalized spacial score (nSPS) is 15.3. The summed E-state index contributed by atoms with van der Waals surface area (Å²) >= 11 is 0. The Bertz CT molecular complexity index is 1230. The van der Waals surface area contributed by atoms with Crippen LogP contribution in [0.15, 0.2) is 79.0 Å². The predicted octanol–water partition coefficient (Wildman–Crippen LogP) is 5.20. The molecule has 0 unspecified atom stereocenters. The van der Waals surface area contributed by atoms with E-state index < -0.39 is 0 Å². The molecule has 0 saturated heterocycles. The lowest BCUT2D eigenvalue weighted by Crippen LogP contribution is -2.39. The third-order valence-electron chi connectivity index (χ3n) is 5.77. The van der Waals surface area contributed by atoms with Gasteiger partial charge in [-0.1, -0.05) is 30.3 Å². The Hall–Kier alpha value is -3.67. The molecule has 1 N–H and O–H groups in total. The van der Waals surface area contributed by atoms with Gasteiger partial charge in [0.2, 0.25) is 5.91 Å². The zero-order chi connectivity index (χ0) is 22.1. The second kappa shape index (κ2) is 8.46. The standard InChI is InChI=1S/C26H24FN3O2/c1-17(29-26(31)19-7-8-19)25(18-5-3-2-4-6-18)32-23-13-14-24-20(15-23)16-28-30(24)22-11-9-21(27)10-12-22/h2-6,9-17,19,25H,7-8H2,1H3,(H,29,31)/t17-,25+/m0/s1. The third kappa shape index (κ3) is 4.21. The quantitative estimate of drug-likeness (QED) is 0.439. The van der Waals surface area contributed by atoms with Crippen LogP contribution in [0.1, 0.15) is 31.4 Å². The molecule has 0 spiro atoms. The van der Waals surface area contributed by atoms with Crippen molar-refractivity contribution in [1.82, 2.24) is 15.1 Å². The smallest absolute Gasteiger partial charge is 0.223 e. The van der Waals surface area contributed by atoms with Gasteiger partial charge in [-0.15, -0.1) is 0 Å². The number of aromatic nitrogens is 2. The lowest BCUT2D eigenvalue weighted by atomic mass is 10.0. The Kier molecular flexibility index (Phi) is 5.35. The molecule has 1 amide bonds. The fraction of sp³-hybridized carbons (Fsp3) is 0.231. The topological polar surface area (TPSA) is 56.1 Å². The molecule has 0 bridgehead atoms. The maximum Gasteiger partial charge on any atom is 0.223 e. The molecule has 2 atom stereocenters. The molecule has 1 aromatic heterocycles. The average molecular weight is 429 g/mol. The van der Waals surface area contributed by atoms with E-state index >= 15 is 0 Å². The van der Waals surface area contributed by atoms with E-state index in [2.05, 4.69) is 10.4 Å². The van der Waals surface area contributed by atoms with E-state index in [9.17, 15) is 9.18 Å². The minimum Gasteiger partial charge on any atom is -0.484 e. The highest BCUT2D eigenvalue weighted by Gasteiger charge is 2.32. The number of amides is 1. The molecule has 1 aliphatic rings. The number of nitrogens with zero attached hydrogens (tertiary/aromatic N) is 2. The van der Waals surface area contributed by atoms with Gasteiger partial charge >= 0.3 is 0 Å². The Morgan fingerprint density at radius 2 is 1.84 bits per heavy atom. The highest BCUT2D eigenvalue weighted by atomic mass is 19.1. The molecule has 3 aromatic carbocycles. The number of carbonyl (C=O) groups excluding carboxylic acids is 1. The van der Waals surface area contributed by atoms with Crippen LogP contribution < -0.4 is 10.1 Å². The maximum absolute atomic E-state index is 13.3. The number of rotatable bonds is 7. The number of fused-ring (bicyclic) bond motifs is 1. The first kappa shape index (κ1) is 20.2. The summed E-state index contributed by atoms with van der Waals surface area (Å²) in [6, 6.07) is 21.7. The summed E-state index contributed by atoms with van der Waals surface area (Å²) in [5.41, 5.74) is 2.68. The van der Waals surface area contributed by atoms with Gasteiger partial charge in [-0.25, -0.2) is 9.07 Å². The molecule has 4 aromatic rings. The van der Waals surface area contributed by atoms with Crippen LogP contribution in [0.3, 0.4) is 0 Å². The second-order valence-electron chi connectivity index (χ2n) is 8.27. The SMILES string of the molecule is C[C@H](NC(=O)C1CC1)[C@@H](Oc1ccc2c(cnn2-c2ccc(F)cc2)c1)c1ccccc1. The first-order chi connectivity index (χ1) is 15.6. The van der Waals surface area contributed by atoms with Crippen LogP contribution in [-0.2, 0) is 4.79 Å². The van der Waals surface area contributed by atoms with Crippen LogP contribution in [0.2, 0.25) is 0 Å². The van der Waals surface area contributed by atoms with Crippen LogP contribution in [-0.4, -0.2) is 21.7 Å². The summed E-state index contributed by atoms with van der Waals surface area (Å²) in [5.74, 6) is 0.647. The van der Waals surface area contributed by atoms with E-state index in [-0.39, 0.29) is 29.8 Å². The van der Waals surface area contributed by atoms with Gasteiger partial charge in [0.15, 0.2) is 0 Å². The Balaban J connectivity index is 1.42. The summed E-state index contributed by atoms with van der Waals surface area (Å²) in [7, 11) is 0. The zero-order valence-electron chi connectivity index (χ0n) is 17.7. The number of halogens is 1. The minimum atomic E-state index is -0.330. The van der Waals surface area contributed by atoms with Crippen LogP contribution in [0.25, 0.3) is 16.6 Å². The Labute approximate surface area is 185 Å². The molecule has 1 saturated carbocycles. The van der Waals surface area contributed by atoms with E-state index in [0.717, 1.165) is 35.0 Å². The van der Waals surface area contributed by atoms with Gasteiger partial charge in [-0.05, 0) is 67.8 Å². The van der Waals surface area contributed by atoms with Crippen molar-refractivity contribution >= 4 is 16.8 Å². The summed E-state index contributed by atoms with van der Waals surface area (Å²) < 4.78 is 21.4. The maximum atomic E-state index is 13.3. The zero-order valence-corrected chi connectivity index (χ0v) is 17.7. The summed E-state index contributed by atoms with van der Waals surface area (Å²) in [6.45, 7) is 1.98. The summed E-state index contributed by atoms with van der Waals surface area (Å²) in [4.78, 5) is 12.3. The van der Waals surface area contributed by atoms with E-state index in [1.54, 1.807) is 23.0 Å². The first-order valence-electron chi connectivity index (χ1n) is 10.8. The number of benzene rings is 3. The number of nitrogens with one attached hydrogen (secondary N) is 1. The van der Waals surface area contributed by atoms with E-state index in [1.807, 2.05) is 55.5 Å². The van der Waals surface area contributed by atoms with Crippen molar-refractivity contribution in [2.75, 3.05) is 0 Å². The molecular weight excluding hydrogens is 405 g/mol. The van der Waals surface area contributed by atoms with Crippen molar-refractivity contribution in [3.63, 3.8) is 0 Å². The lowest BCUT2D eigenvalue weighted by molar-refractivity contribution is -0.123. The summed E-state index contributed by atoms with van der Waals surface area (Å²) in [5, 5.41) is 8.48. The third-order valence-corrected chi connectivity index (χ3v) is 5.77. The second-order valence-corrected chi connectivity index (χ2v) is 8.27. The lowest BCUT2D eigenvalue weighted by Gasteiger charge is -2.26. The highest BCUT2D eigenvalue weighted by molar-refractivity contribution is 5.82. The fourth-order valence-electron chi connectivity index (χ4n) is 3.88. The van der Waals surface area contributed by atoms with Crippen LogP contribution in [0.4, 0.5) is 4.39 Å². The largest absolute Gasteiger partial charge is 0.484 e.